The van der Waals surface area contributed by atoms with Gasteiger partial charge in [-0.05, 0) is 24.6 Å². The molecule has 0 amide bonds. The van der Waals surface area contributed by atoms with Crippen LogP contribution in [0.25, 0.3) is 0 Å². The van der Waals surface area contributed by atoms with Crippen LogP contribution in [0.1, 0.15) is 17.2 Å². The fourth-order valence-corrected chi connectivity index (χ4v) is 2.62. The molecule has 2 rings (SSSR count). The third kappa shape index (κ3) is 5.59. The SMILES string of the molecule is COCCNC(=NCc1nnc(C)n1C)N(C)Cc1ccc(Cl)c(Cl)c1. The number of hydrogen-bond acceptors (Lipinski definition) is 4. The second kappa shape index (κ2) is 9.75. The van der Waals surface area contributed by atoms with Crippen LogP contribution in [-0.2, 0) is 24.9 Å². The molecule has 1 N–H and O–H groups in total. The molecular weight excluding hydrogens is 375 g/mol. The number of nitrogens with zero attached hydrogens (tertiary/aromatic N) is 5. The topological polar surface area (TPSA) is 67.6 Å². The first-order valence-electron chi connectivity index (χ1n) is 8.19. The van der Waals surface area contributed by atoms with E-state index in [4.69, 9.17) is 27.9 Å². The van der Waals surface area contributed by atoms with Crippen molar-refractivity contribution in [2.75, 3.05) is 27.3 Å². The van der Waals surface area contributed by atoms with E-state index in [0.29, 0.717) is 36.3 Å². The molecular formula is C17H24Cl2N6O. The van der Waals surface area contributed by atoms with E-state index in [-0.39, 0.29) is 0 Å². The second-order valence-electron chi connectivity index (χ2n) is 5.89. The molecule has 0 aliphatic heterocycles. The van der Waals surface area contributed by atoms with Crippen LogP contribution in [0.15, 0.2) is 23.2 Å². The summed E-state index contributed by atoms with van der Waals surface area (Å²) in [4.78, 5) is 6.68. The standard InChI is InChI=1S/C17H24Cl2N6O/c1-12-22-23-16(25(12)3)10-21-17(20-7-8-26-4)24(2)11-13-5-6-14(18)15(19)9-13/h5-6,9H,7-8,10-11H2,1-4H3,(H,20,21). The molecule has 0 fully saturated rings. The van der Waals surface area contributed by atoms with Gasteiger partial charge in [0.25, 0.3) is 0 Å². The predicted octanol–water partition coefficient (Wildman–Crippen LogP) is 2.65. The second-order valence-corrected chi connectivity index (χ2v) is 6.70. The Balaban J connectivity index is 2.12. The van der Waals surface area contributed by atoms with Crippen molar-refractivity contribution in [2.45, 2.75) is 20.0 Å². The van der Waals surface area contributed by atoms with Gasteiger partial charge in [-0.25, -0.2) is 4.99 Å². The summed E-state index contributed by atoms with van der Waals surface area (Å²) in [6.07, 6.45) is 0. The Morgan fingerprint density at radius 1 is 1.31 bits per heavy atom. The zero-order valence-electron chi connectivity index (χ0n) is 15.5. The highest BCUT2D eigenvalue weighted by atomic mass is 35.5. The minimum absolute atomic E-state index is 0.429. The van der Waals surface area contributed by atoms with Gasteiger partial charge in [-0.15, -0.1) is 10.2 Å². The highest BCUT2D eigenvalue weighted by molar-refractivity contribution is 6.42. The maximum atomic E-state index is 6.11. The van der Waals surface area contributed by atoms with E-state index in [1.165, 1.54) is 0 Å². The molecule has 1 heterocycles. The van der Waals surface area contributed by atoms with E-state index in [0.717, 1.165) is 23.2 Å². The first-order valence-corrected chi connectivity index (χ1v) is 8.95. The normalized spacial score (nSPS) is 11.7. The van der Waals surface area contributed by atoms with Crippen LogP contribution in [-0.4, -0.2) is 52.9 Å². The number of halogens is 2. The number of aromatic nitrogens is 3. The van der Waals surface area contributed by atoms with Crippen molar-refractivity contribution >= 4 is 29.2 Å². The minimum Gasteiger partial charge on any atom is -0.383 e. The molecule has 0 saturated carbocycles. The summed E-state index contributed by atoms with van der Waals surface area (Å²) >= 11 is 12.1. The maximum Gasteiger partial charge on any atom is 0.194 e. The molecule has 1 aromatic heterocycles. The van der Waals surface area contributed by atoms with Crippen LogP contribution >= 0.6 is 23.2 Å². The molecule has 9 heteroatoms. The van der Waals surface area contributed by atoms with E-state index < -0.39 is 0 Å². The lowest BCUT2D eigenvalue weighted by Crippen LogP contribution is -2.40. The third-order valence-corrected chi connectivity index (χ3v) is 4.65. The van der Waals surface area contributed by atoms with Gasteiger partial charge in [-0.2, -0.15) is 0 Å². The first-order chi connectivity index (χ1) is 12.4. The van der Waals surface area contributed by atoms with Crippen molar-refractivity contribution in [1.82, 2.24) is 25.0 Å². The van der Waals surface area contributed by atoms with E-state index in [1.807, 2.05) is 42.6 Å². The molecule has 0 aliphatic rings. The maximum absolute atomic E-state index is 6.11. The van der Waals surface area contributed by atoms with Gasteiger partial charge in [0.15, 0.2) is 11.8 Å². The fourth-order valence-electron chi connectivity index (χ4n) is 2.30. The molecule has 0 radical (unpaired) electrons. The largest absolute Gasteiger partial charge is 0.383 e. The average Bonchev–Trinajstić information content (AvgIpc) is 2.93. The van der Waals surface area contributed by atoms with Crippen molar-refractivity contribution in [3.8, 4) is 0 Å². The summed E-state index contributed by atoms with van der Waals surface area (Å²) in [7, 11) is 5.56. The molecule has 0 spiro atoms. The highest BCUT2D eigenvalue weighted by Gasteiger charge is 2.10. The van der Waals surface area contributed by atoms with Gasteiger partial charge >= 0.3 is 0 Å². The first kappa shape index (κ1) is 20.5. The van der Waals surface area contributed by atoms with Crippen LogP contribution in [0.4, 0.5) is 0 Å². The van der Waals surface area contributed by atoms with E-state index in [9.17, 15) is 0 Å². The van der Waals surface area contributed by atoms with Gasteiger partial charge in [0.2, 0.25) is 0 Å². The van der Waals surface area contributed by atoms with Gasteiger partial charge in [0.1, 0.15) is 12.4 Å². The number of ether oxygens (including phenoxy) is 1. The van der Waals surface area contributed by atoms with Crippen LogP contribution in [0.3, 0.4) is 0 Å². The number of hydrogen-bond donors (Lipinski definition) is 1. The minimum atomic E-state index is 0.429. The number of nitrogens with one attached hydrogen (secondary N) is 1. The van der Waals surface area contributed by atoms with Gasteiger partial charge in [-0.1, -0.05) is 29.3 Å². The summed E-state index contributed by atoms with van der Waals surface area (Å²) in [5.41, 5.74) is 1.04. The monoisotopic (exact) mass is 398 g/mol. The van der Waals surface area contributed by atoms with Crippen LogP contribution in [0.5, 0.6) is 0 Å². The van der Waals surface area contributed by atoms with Crippen molar-refractivity contribution < 1.29 is 4.74 Å². The number of rotatable bonds is 7. The number of benzene rings is 1. The molecule has 0 saturated heterocycles. The number of methoxy groups -OCH3 is 1. The highest BCUT2D eigenvalue weighted by Crippen LogP contribution is 2.23. The smallest absolute Gasteiger partial charge is 0.194 e. The van der Waals surface area contributed by atoms with Gasteiger partial charge < -0.3 is 19.5 Å². The molecule has 7 nitrogen and oxygen atoms in total. The van der Waals surface area contributed by atoms with Crippen LogP contribution in [0, 0.1) is 6.92 Å². The number of aryl methyl sites for hydroxylation is 1. The Kier molecular flexibility index (Phi) is 7.68. The number of guanidine groups is 1. The van der Waals surface area contributed by atoms with Crippen LogP contribution < -0.4 is 5.32 Å². The van der Waals surface area contributed by atoms with E-state index in [1.54, 1.807) is 13.2 Å². The van der Waals surface area contributed by atoms with Crippen LogP contribution in [0.2, 0.25) is 10.0 Å². The molecule has 0 atom stereocenters. The predicted molar refractivity (Wildman–Crippen MR) is 105 cm³/mol. The summed E-state index contributed by atoms with van der Waals surface area (Å²) in [6.45, 7) is 4.21. The Bertz CT molecular complexity index is 762. The van der Waals surface area contributed by atoms with Gasteiger partial charge in [-0.3, -0.25) is 0 Å². The van der Waals surface area contributed by atoms with Crippen molar-refractivity contribution in [2.24, 2.45) is 12.0 Å². The molecule has 26 heavy (non-hydrogen) atoms. The van der Waals surface area contributed by atoms with Gasteiger partial charge in [0, 0.05) is 34.3 Å². The molecule has 2 aromatic rings. The Morgan fingerprint density at radius 3 is 2.69 bits per heavy atom. The Labute approximate surface area is 164 Å². The summed E-state index contributed by atoms with van der Waals surface area (Å²) < 4.78 is 7.04. The third-order valence-electron chi connectivity index (χ3n) is 3.91. The summed E-state index contributed by atoms with van der Waals surface area (Å²) in [5.74, 6) is 2.40. The molecule has 0 unspecified atom stereocenters. The fraction of sp³-hybridized carbons (Fsp3) is 0.471. The summed E-state index contributed by atoms with van der Waals surface area (Å²) in [6, 6.07) is 5.60. The Hall–Kier alpha value is -1.83. The van der Waals surface area contributed by atoms with E-state index in [2.05, 4.69) is 20.5 Å². The summed E-state index contributed by atoms with van der Waals surface area (Å²) in [5, 5.41) is 12.6. The van der Waals surface area contributed by atoms with Gasteiger partial charge in [0.05, 0.1) is 16.7 Å². The van der Waals surface area contributed by atoms with Crippen molar-refractivity contribution in [3.05, 3.63) is 45.5 Å². The lowest BCUT2D eigenvalue weighted by molar-refractivity contribution is 0.203. The van der Waals surface area contributed by atoms with Crippen molar-refractivity contribution in [1.29, 1.82) is 0 Å². The zero-order chi connectivity index (χ0) is 19.1. The average molecular weight is 399 g/mol. The van der Waals surface area contributed by atoms with Crippen molar-refractivity contribution in [3.63, 3.8) is 0 Å². The molecule has 142 valence electrons. The van der Waals surface area contributed by atoms with E-state index >= 15 is 0 Å². The molecule has 1 aromatic carbocycles. The number of aliphatic imine (C=N–C) groups is 1. The molecule has 0 bridgehead atoms. The Morgan fingerprint density at radius 2 is 2.08 bits per heavy atom. The zero-order valence-corrected chi connectivity index (χ0v) is 17.0. The molecule has 0 aliphatic carbocycles. The quantitative estimate of drug-likeness (QED) is 0.441. The lowest BCUT2D eigenvalue weighted by atomic mass is 10.2. The lowest BCUT2D eigenvalue weighted by Gasteiger charge is -2.22.